The molecule has 0 aromatic heterocycles. The van der Waals surface area contributed by atoms with Gasteiger partial charge in [0.1, 0.15) is 0 Å². The first-order valence-corrected chi connectivity index (χ1v) is 8.65. The third-order valence-electron chi connectivity index (χ3n) is 2.53. The molecule has 1 aromatic carbocycles. The number of thioether (sulfide) groups is 1. The Bertz CT molecular complexity index is 763. The van der Waals surface area contributed by atoms with Crippen LogP contribution in [0.4, 0.5) is 45.2 Å². The molecule has 0 unspecified atom stereocenters. The second-order valence-electron chi connectivity index (χ2n) is 4.44. The van der Waals surface area contributed by atoms with E-state index in [9.17, 15) is 47.9 Å². The van der Waals surface area contributed by atoms with E-state index in [2.05, 4.69) is 4.40 Å². The lowest BCUT2D eigenvalue weighted by Gasteiger charge is -2.15. The average molecular weight is 434 g/mol. The summed E-state index contributed by atoms with van der Waals surface area (Å²) in [5, 5.41) is 0.641. The summed E-state index contributed by atoms with van der Waals surface area (Å²) < 4.78 is 137. The van der Waals surface area contributed by atoms with Crippen molar-refractivity contribution < 1.29 is 47.9 Å². The molecule has 0 saturated heterocycles. The molecule has 0 aliphatic carbocycles. The number of nitrogens with zero attached hydrogens (tertiary/aromatic N) is 1. The first-order valence-electron chi connectivity index (χ1n) is 5.99. The monoisotopic (exact) mass is 434 g/mol. The van der Waals surface area contributed by atoms with Crippen LogP contribution in [0.2, 0.25) is 0 Å². The van der Waals surface area contributed by atoms with Crippen molar-refractivity contribution in [2.24, 2.45) is 4.40 Å². The van der Waals surface area contributed by atoms with E-state index in [4.69, 9.17) is 0 Å². The van der Waals surface area contributed by atoms with E-state index in [-0.39, 0.29) is 30.0 Å². The highest BCUT2D eigenvalue weighted by Gasteiger charge is 2.46. The lowest BCUT2D eigenvalue weighted by atomic mass is 10.1. The molecule has 0 radical (unpaired) electrons. The minimum absolute atomic E-state index is 0.168. The van der Waals surface area contributed by atoms with Gasteiger partial charge in [0, 0.05) is 5.69 Å². The normalized spacial score (nSPS) is 14.5. The molecular formula is C11H7F9N2O2S2. The van der Waals surface area contributed by atoms with E-state index < -0.39 is 49.9 Å². The van der Waals surface area contributed by atoms with Crippen LogP contribution in [0.5, 0.6) is 0 Å². The van der Waals surface area contributed by atoms with Gasteiger partial charge in [0.25, 0.3) is 0 Å². The highest BCUT2D eigenvalue weighted by molar-refractivity contribution is 8.14. The fourth-order valence-electron chi connectivity index (χ4n) is 1.42. The number of alkyl halides is 9. The summed E-state index contributed by atoms with van der Waals surface area (Å²) in [5.41, 5.74) is -10.2. The predicted molar refractivity (Wildman–Crippen MR) is 76.0 cm³/mol. The van der Waals surface area contributed by atoms with Crippen molar-refractivity contribution >= 4 is 32.6 Å². The smallest absolute Gasteiger partial charge is 0.334 e. The van der Waals surface area contributed by atoms with Crippen LogP contribution >= 0.6 is 11.8 Å². The Balaban J connectivity index is 3.43. The fourth-order valence-corrected chi connectivity index (χ4v) is 2.60. The first-order chi connectivity index (χ1) is 11.5. The van der Waals surface area contributed by atoms with E-state index in [1.54, 1.807) is 5.32 Å². The fraction of sp³-hybridized carbons (Fsp3) is 0.364. The van der Waals surface area contributed by atoms with E-state index in [1.165, 1.54) is 0 Å². The molecule has 1 N–H and O–H groups in total. The molecule has 0 atom stereocenters. The zero-order valence-corrected chi connectivity index (χ0v) is 13.8. The van der Waals surface area contributed by atoms with Gasteiger partial charge in [-0.25, -0.2) is 0 Å². The Hall–Kier alpha value is -1.64. The van der Waals surface area contributed by atoms with Crippen molar-refractivity contribution in [2.45, 2.75) is 17.9 Å². The van der Waals surface area contributed by atoms with Crippen molar-refractivity contribution in [2.75, 3.05) is 11.6 Å². The van der Waals surface area contributed by atoms with E-state index in [0.29, 0.717) is 0 Å². The molecule has 0 aliphatic rings. The maximum atomic E-state index is 12.7. The standard InChI is InChI=1S/C11H7F9N2O2S2/c1-25-8(22-26(23,24)11(18,19)20)21-7-3-5(9(12,13)14)2-6(4-7)10(15,16)17/h2-4H,1H3,(H,21,22). The minimum Gasteiger partial charge on any atom is -0.334 e. The molecule has 0 aliphatic heterocycles. The molecule has 0 fully saturated rings. The van der Waals surface area contributed by atoms with E-state index >= 15 is 0 Å². The highest BCUT2D eigenvalue weighted by atomic mass is 32.2. The zero-order chi connectivity index (χ0) is 20.6. The molecule has 4 nitrogen and oxygen atoms in total. The average Bonchev–Trinajstić information content (AvgIpc) is 2.42. The van der Waals surface area contributed by atoms with Crippen LogP contribution in [-0.2, 0) is 22.4 Å². The van der Waals surface area contributed by atoms with Crippen molar-refractivity contribution in [3.63, 3.8) is 0 Å². The third kappa shape index (κ3) is 5.69. The summed E-state index contributed by atoms with van der Waals surface area (Å²) in [6, 6.07) is 0.135. The van der Waals surface area contributed by atoms with Gasteiger partial charge >= 0.3 is 27.9 Å². The van der Waals surface area contributed by atoms with Crippen LogP contribution in [0.25, 0.3) is 0 Å². The Morgan fingerprint density at radius 1 is 0.923 bits per heavy atom. The molecule has 1 aromatic rings. The zero-order valence-electron chi connectivity index (χ0n) is 12.2. The Labute approximate surface area is 144 Å². The number of hydrogen-bond donors (Lipinski definition) is 1. The number of amidine groups is 1. The number of nitrogens with one attached hydrogen (secondary N) is 1. The summed E-state index contributed by atoms with van der Waals surface area (Å²) in [7, 11) is -6.05. The van der Waals surface area contributed by atoms with Crippen LogP contribution < -0.4 is 5.32 Å². The number of hydrogen-bond acceptors (Lipinski definition) is 3. The van der Waals surface area contributed by atoms with Crippen molar-refractivity contribution in [3.05, 3.63) is 29.3 Å². The van der Waals surface area contributed by atoms with Crippen LogP contribution in [0.3, 0.4) is 0 Å². The number of sulfonamides is 1. The van der Waals surface area contributed by atoms with Gasteiger partial charge in [-0.2, -0.15) is 47.9 Å². The van der Waals surface area contributed by atoms with Crippen LogP contribution in [0.1, 0.15) is 11.1 Å². The lowest BCUT2D eigenvalue weighted by molar-refractivity contribution is -0.143. The first kappa shape index (κ1) is 22.4. The molecule has 0 amide bonds. The Kier molecular flexibility index (Phi) is 6.18. The minimum atomic E-state index is -6.05. The van der Waals surface area contributed by atoms with Gasteiger partial charge < -0.3 is 5.32 Å². The molecule has 15 heteroatoms. The number of benzene rings is 1. The molecule has 0 spiro atoms. The predicted octanol–water partition coefficient (Wildman–Crippen LogP) is 4.70. The van der Waals surface area contributed by atoms with Crippen molar-refractivity contribution in [1.82, 2.24) is 0 Å². The van der Waals surface area contributed by atoms with E-state index in [0.717, 1.165) is 6.26 Å². The molecule has 0 heterocycles. The summed E-state index contributed by atoms with van der Waals surface area (Å²) >= 11 is 0.232. The van der Waals surface area contributed by atoms with Gasteiger partial charge in [0.05, 0.1) is 11.1 Å². The van der Waals surface area contributed by atoms with Gasteiger partial charge in [-0.1, -0.05) is 11.8 Å². The second kappa shape index (κ2) is 7.17. The van der Waals surface area contributed by atoms with Crippen LogP contribution in [0.15, 0.2) is 22.6 Å². The molecule has 1 rings (SSSR count). The van der Waals surface area contributed by atoms with Crippen molar-refractivity contribution in [3.8, 4) is 0 Å². The molecule has 148 valence electrons. The van der Waals surface area contributed by atoms with Crippen molar-refractivity contribution in [1.29, 1.82) is 0 Å². The highest BCUT2D eigenvalue weighted by Crippen LogP contribution is 2.37. The maximum absolute atomic E-state index is 12.7. The second-order valence-corrected chi connectivity index (χ2v) is 6.83. The number of rotatable bonds is 2. The summed E-state index contributed by atoms with van der Waals surface area (Å²) in [5.74, 6) is 0. The topological polar surface area (TPSA) is 58.5 Å². The van der Waals surface area contributed by atoms with Gasteiger partial charge in [0.15, 0.2) is 5.17 Å². The van der Waals surface area contributed by atoms with E-state index in [1.807, 2.05) is 0 Å². The number of halogens is 9. The summed E-state index contributed by atoms with van der Waals surface area (Å²) in [6.07, 6.45) is -9.37. The summed E-state index contributed by atoms with van der Waals surface area (Å²) in [4.78, 5) is 0. The molecule has 0 bridgehead atoms. The molecule has 26 heavy (non-hydrogen) atoms. The lowest BCUT2D eigenvalue weighted by Crippen LogP contribution is -2.23. The van der Waals surface area contributed by atoms with Gasteiger partial charge in [-0.05, 0) is 24.5 Å². The third-order valence-corrected chi connectivity index (χ3v) is 4.23. The largest absolute Gasteiger partial charge is 0.518 e. The molecular weight excluding hydrogens is 427 g/mol. The maximum Gasteiger partial charge on any atom is 0.518 e. The van der Waals surface area contributed by atoms with Crippen LogP contribution in [-0.4, -0.2) is 25.3 Å². The Morgan fingerprint density at radius 2 is 1.35 bits per heavy atom. The number of anilines is 1. The van der Waals surface area contributed by atoms with Gasteiger partial charge in [0.2, 0.25) is 0 Å². The molecule has 0 saturated carbocycles. The van der Waals surface area contributed by atoms with Gasteiger partial charge in [-0.3, -0.25) is 0 Å². The Morgan fingerprint density at radius 3 is 1.65 bits per heavy atom. The SMILES string of the molecule is CSC(=NS(=O)(=O)C(F)(F)F)Nc1cc(C(F)(F)F)cc(C(F)(F)F)c1. The quantitative estimate of drug-likeness (QED) is 0.416. The van der Waals surface area contributed by atoms with Crippen LogP contribution in [0, 0.1) is 0 Å². The summed E-state index contributed by atoms with van der Waals surface area (Å²) in [6.45, 7) is 0. The van der Waals surface area contributed by atoms with Gasteiger partial charge in [-0.15, -0.1) is 4.40 Å².